The van der Waals surface area contributed by atoms with Gasteiger partial charge in [0, 0.05) is 11.4 Å². The van der Waals surface area contributed by atoms with E-state index in [4.69, 9.17) is 4.42 Å². The number of para-hydroxylation sites is 1. The Morgan fingerprint density at radius 1 is 1.38 bits per heavy atom. The average Bonchev–Trinajstić information content (AvgIpc) is 2.60. The summed E-state index contributed by atoms with van der Waals surface area (Å²) in [5.41, 5.74) is 0.952. The van der Waals surface area contributed by atoms with Gasteiger partial charge >= 0.3 is 0 Å². The molecule has 0 atom stereocenters. The largest absolute Gasteiger partial charge is 0.459 e. The van der Waals surface area contributed by atoms with Gasteiger partial charge in [0.2, 0.25) is 0 Å². The number of hydrogen-bond donors (Lipinski definition) is 1. The summed E-state index contributed by atoms with van der Waals surface area (Å²) in [6, 6.07) is 8.94. The smallest absolute Gasteiger partial charge is 0.148 e. The molecule has 1 fully saturated rings. The normalized spacial score (nSPS) is 16.6. The molecule has 1 saturated carbocycles. The van der Waals surface area contributed by atoms with Gasteiger partial charge in [-0.1, -0.05) is 18.6 Å². The fourth-order valence-corrected chi connectivity index (χ4v) is 2.49. The van der Waals surface area contributed by atoms with E-state index in [2.05, 4.69) is 33.4 Å². The molecule has 1 aliphatic rings. The quantitative estimate of drug-likeness (QED) is 0.924. The van der Waals surface area contributed by atoms with Gasteiger partial charge in [0.05, 0.1) is 11.0 Å². The molecule has 2 nitrogen and oxygen atoms in total. The molecule has 3 heteroatoms. The van der Waals surface area contributed by atoms with Crippen molar-refractivity contribution in [3.63, 3.8) is 0 Å². The topological polar surface area (TPSA) is 25.2 Å². The zero-order valence-electron chi connectivity index (χ0n) is 9.00. The monoisotopic (exact) mass is 279 g/mol. The summed E-state index contributed by atoms with van der Waals surface area (Å²) in [5.74, 6) is 1.02. The second kappa shape index (κ2) is 4.22. The number of halogens is 1. The Kier molecular flexibility index (Phi) is 2.74. The first-order valence-corrected chi connectivity index (χ1v) is 6.52. The van der Waals surface area contributed by atoms with Crippen LogP contribution in [0.1, 0.15) is 25.0 Å². The van der Waals surface area contributed by atoms with Crippen molar-refractivity contribution in [2.75, 3.05) is 0 Å². The molecule has 0 unspecified atom stereocenters. The maximum atomic E-state index is 5.81. The molecular weight excluding hydrogens is 266 g/mol. The number of fused-ring (bicyclic) bond motifs is 1. The highest BCUT2D eigenvalue weighted by Gasteiger charge is 2.17. The van der Waals surface area contributed by atoms with E-state index in [0.717, 1.165) is 22.4 Å². The van der Waals surface area contributed by atoms with Crippen LogP contribution in [0.15, 0.2) is 33.2 Å². The number of furan rings is 1. The second-order valence-corrected chi connectivity index (χ2v) is 5.23. The first kappa shape index (κ1) is 10.4. The minimum absolute atomic E-state index is 0.705. The zero-order chi connectivity index (χ0) is 11.0. The lowest BCUT2D eigenvalue weighted by atomic mass is 9.93. The number of benzene rings is 1. The van der Waals surface area contributed by atoms with Crippen molar-refractivity contribution < 1.29 is 4.42 Å². The Hall–Kier alpha value is -0.800. The fourth-order valence-electron chi connectivity index (χ4n) is 2.03. The summed E-state index contributed by atoms with van der Waals surface area (Å²) in [5, 5.41) is 4.67. The maximum absolute atomic E-state index is 5.81. The molecule has 0 aliphatic heterocycles. The highest BCUT2D eigenvalue weighted by Crippen LogP contribution is 2.27. The summed E-state index contributed by atoms with van der Waals surface area (Å²) in [7, 11) is 0. The van der Waals surface area contributed by atoms with Crippen LogP contribution < -0.4 is 5.32 Å². The molecule has 0 spiro atoms. The van der Waals surface area contributed by atoms with Crippen molar-refractivity contribution in [2.45, 2.75) is 31.8 Å². The number of nitrogens with one attached hydrogen (secondary N) is 1. The molecule has 0 saturated heterocycles. The van der Waals surface area contributed by atoms with E-state index in [1.807, 2.05) is 12.1 Å². The Morgan fingerprint density at radius 2 is 2.25 bits per heavy atom. The minimum atomic E-state index is 0.705. The Balaban J connectivity index is 1.79. The number of rotatable bonds is 3. The lowest BCUT2D eigenvalue weighted by Gasteiger charge is -2.25. The van der Waals surface area contributed by atoms with E-state index in [0.29, 0.717) is 6.04 Å². The van der Waals surface area contributed by atoms with Crippen LogP contribution in [0, 0.1) is 0 Å². The first-order valence-electron chi connectivity index (χ1n) is 5.73. The highest BCUT2D eigenvalue weighted by atomic mass is 79.9. The predicted octanol–water partition coefficient (Wildman–Crippen LogP) is 3.84. The first-order chi connectivity index (χ1) is 7.83. The number of hydrogen-bond acceptors (Lipinski definition) is 2. The molecule has 1 heterocycles. The third-order valence-corrected chi connectivity index (χ3v) is 3.84. The third-order valence-electron chi connectivity index (χ3n) is 3.22. The van der Waals surface area contributed by atoms with E-state index in [1.165, 1.54) is 24.6 Å². The van der Waals surface area contributed by atoms with Gasteiger partial charge < -0.3 is 9.73 Å². The van der Waals surface area contributed by atoms with Crippen LogP contribution in [0.4, 0.5) is 0 Å². The summed E-state index contributed by atoms with van der Waals surface area (Å²) in [6.07, 6.45) is 3.98. The van der Waals surface area contributed by atoms with Crippen molar-refractivity contribution in [2.24, 2.45) is 0 Å². The van der Waals surface area contributed by atoms with Crippen molar-refractivity contribution in [1.82, 2.24) is 5.32 Å². The molecule has 3 rings (SSSR count). The molecule has 0 radical (unpaired) electrons. The van der Waals surface area contributed by atoms with Crippen LogP contribution in [-0.4, -0.2) is 6.04 Å². The molecule has 1 aromatic carbocycles. The molecule has 1 N–H and O–H groups in total. The van der Waals surface area contributed by atoms with E-state index in [1.54, 1.807) is 0 Å². The second-order valence-electron chi connectivity index (χ2n) is 4.38. The van der Waals surface area contributed by atoms with Gasteiger partial charge in [0.25, 0.3) is 0 Å². The lowest BCUT2D eigenvalue weighted by molar-refractivity contribution is 0.327. The zero-order valence-corrected chi connectivity index (χ0v) is 10.6. The summed E-state index contributed by atoms with van der Waals surface area (Å²) in [4.78, 5) is 0. The SMILES string of the molecule is Brc1cccc2cc(CNC3CCC3)oc12. The molecule has 0 bridgehead atoms. The van der Waals surface area contributed by atoms with Gasteiger partial charge in [-0.3, -0.25) is 0 Å². The van der Waals surface area contributed by atoms with Crippen molar-refractivity contribution in [3.05, 3.63) is 34.5 Å². The molecule has 16 heavy (non-hydrogen) atoms. The van der Waals surface area contributed by atoms with Crippen LogP contribution in [0.5, 0.6) is 0 Å². The van der Waals surface area contributed by atoms with E-state index >= 15 is 0 Å². The summed E-state index contributed by atoms with van der Waals surface area (Å²) in [6.45, 7) is 0.839. The summed E-state index contributed by atoms with van der Waals surface area (Å²) < 4.78 is 6.84. The Bertz CT molecular complexity index is 502. The van der Waals surface area contributed by atoms with Gasteiger partial charge in [-0.05, 0) is 40.9 Å². The summed E-state index contributed by atoms with van der Waals surface area (Å²) >= 11 is 3.50. The van der Waals surface area contributed by atoms with Crippen molar-refractivity contribution in [1.29, 1.82) is 0 Å². The van der Waals surface area contributed by atoms with Crippen LogP contribution in [0.25, 0.3) is 11.0 Å². The van der Waals surface area contributed by atoms with Gasteiger partial charge in [-0.15, -0.1) is 0 Å². The van der Waals surface area contributed by atoms with Crippen LogP contribution in [0.3, 0.4) is 0 Å². The molecule has 84 valence electrons. The van der Waals surface area contributed by atoms with Gasteiger partial charge in [-0.25, -0.2) is 0 Å². The fraction of sp³-hybridized carbons (Fsp3) is 0.385. The van der Waals surface area contributed by atoms with Gasteiger partial charge in [0.15, 0.2) is 0 Å². The molecular formula is C13H14BrNO. The molecule has 2 aromatic rings. The average molecular weight is 280 g/mol. The maximum Gasteiger partial charge on any atom is 0.148 e. The van der Waals surface area contributed by atoms with E-state index in [-0.39, 0.29) is 0 Å². The van der Waals surface area contributed by atoms with Crippen molar-refractivity contribution in [3.8, 4) is 0 Å². The van der Waals surface area contributed by atoms with Crippen molar-refractivity contribution >= 4 is 26.9 Å². The highest BCUT2D eigenvalue weighted by molar-refractivity contribution is 9.10. The molecule has 0 amide bonds. The molecule has 1 aromatic heterocycles. The van der Waals surface area contributed by atoms with Crippen LogP contribution in [-0.2, 0) is 6.54 Å². The lowest BCUT2D eigenvalue weighted by Crippen LogP contribution is -2.34. The molecule has 1 aliphatic carbocycles. The van der Waals surface area contributed by atoms with Gasteiger partial charge in [-0.2, -0.15) is 0 Å². The Morgan fingerprint density at radius 3 is 2.94 bits per heavy atom. The van der Waals surface area contributed by atoms with Crippen LogP contribution >= 0.6 is 15.9 Å². The Labute approximate surface area is 103 Å². The standard InChI is InChI=1S/C13H14BrNO/c14-12-6-1-3-9-7-11(16-13(9)12)8-15-10-4-2-5-10/h1,3,6-7,10,15H,2,4-5,8H2. The van der Waals surface area contributed by atoms with E-state index in [9.17, 15) is 0 Å². The third kappa shape index (κ3) is 1.89. The van der Waals surface area contributed by atoms with E-state index < -0.39 is 0 Å². The van der Waals surface area contributed by atoms with Gasteiger partial charge in [0.1, 0.15) is 11.3 Å². The predicted molar refractivity (Wildman–Crippen MR) is 68.4 cm³/mol. The minimum Gasteiger partial charge on any atom is -0.459 e. The van der Waals surface area contributed by atoms with Crippen LogP contribution in [0.2, 0.25) is 0 Å².